The molecule has 0 unspecified atom stereocenters. The van der Waals surface area contributed by atoms with Crippen molar-refractivity contribution in [3.63, 3.8) is 0 Å². The number of aryl methyl sites for hydroxylation is 1. The van der Waals surface area contributed by atoms with E-state index in [0.717, 1.165) is 29.5 Å². The number of nitrogens with two attached hydrogens (primary N) is 1. The van der Waals surface area contributed by atoms with Crippen LogP contribution >= 0.6 is 0 Å². The predicted octanol–water partition coefficient (Wildman–Crippen LogP) is 2.60. The summed E-state index contributed by atoms with van der Waals surface area (Å²) in [6, 6.07) is 7.97. The Hall–Kier alpha value is -2.16. The van der Waals surface area contributed by atoms with Crippen molar-refractivity contribution in [1.29, 1.82) is 5.41 Å². The van der Waals surface area contributed by atoms with Crippen molar-refractivity contribution in [1.82, 2.24) is 0 Å². The molecular formula is C16H20N3+. The second-order valence-electron chi connectivity index (χ2n) is 4.75. The minimum absolute atomic E-state index is 0.441. The molecule has 1 aromatic carbocycles. The Kier molecular flexibility index (Phi) is 3.95. The van der Waals surface area contributed by atoms with Crippen LogP contribution in [0.15, 0.2) is 48.1 Å². The number of amidine groups is 2. The number of hydrogen-bond acceptors (Lipinski definition) is 1. The Bertz CT molecular complexity index is 592. The lowest BCUT2D eigenvalue weighted by atomic mass is 10.1. The van der Waals surface area contributed by atoms with Crippen molar-refractivity contribution >= 4 is 11.7 Å². The van der Waals surface area contributed by atoms with E-state index >= 15 is 0 Å². The predicted molar refractivity (Wildman–Crippen MR) is 79.8 cm³/mol. The van der Waals surface area contributed by atoms with Gasteiger partial charge in [0.2, 0.25) is 5.84 Å². The Balaban J connectivity index is 2.36. The van der Waals surface area contributed by atoms with Crippen LogP contribution in [0, 0.1) is 12.3 Å². The van der Waals surface area contributed by atoms with Gasteiger partial charge in [0.15, 0.2) is 0 Å². The summed E-state index contributed by atoms with van der Waals surface area (Å²) in [6.45, 7) is 2.03. The summed E-state index contributed by atoms with van der Waals surface area (Å²) in [5, 5.41) is 8.24. The van der Waals surface area contributed by atoms with Gasteiger partial charge in [-0.1, -0.05) is 36.4 Å². The molecule has 0 atom stereocenters. The first-order chi connectivity index (χ1) is 9.11. The van der Waals surface area contributed by atoms with Gasteiger partial charge < -0.3 is 5.73 Å². The molecule has 1 aliphatic carbocycles. The molecule has 0 saturated carbocycles. The Morgan fingerprint density at radius 1 is 1.26 bits per heavy atom. The minimum Gasteiger partial charge on any atom is -0.318 e. The fourth-order valence-electron chi connectivity index (χ4n) is 2.14. The first-order valence-corrected chi connectivity index (χ1v) is 6.49. The molecule has 0 aliphatic heterocycles. The van der Waals surface area contributed by atoms with E-state index in [4.69, 9.17) is 11.1 Å². The molecule has 3 N–H and O–H groups in total. The van der Waals surface area contributed by atoms with Crippen LogP contribution in [0.2, 0.25) is 0 Å². The summed E-state index contributed by atoms with van der Waals surface area (Å²) in [4.78, 5) is 0. The van der Waals surface area contributed by atoms with Gasteiger partial charge in [-0.05, 0) is 31.4 Å². The summed E-state index contributed by atoms with van der Waals surface area (Å²) >= 11 is 0. The molecule has 1 aromatic rings. The monoisotopic (exact) mass is 254 g/mol. The van der Waals surface area contributed by atoms with Crippen LogP contribution in [0.1, 0.15) is 24.0 Å². The number of rotatable bonds is 2. The van der Waals surface area contributed by atoms with Gasteiger partial charge in [-0.2, -0.15) is 5.41 Å². The van der Waals surface area contributed by atoms with Crippen LogP contribution in [0.4, 0.5) is 0 Å². The quantitative estimate of drug-likeness (QED) is 0.476. The molecule has 98 valence electrons. The van der Waals surface area contributed by atoms with E-state index < -0.39 is 0 Å². The maximum absolute atomic E-state index is 8.24. The number of benzene rings is 1. The van der Waals surface area contributed by atoms with Gasteiger partial charge in [0, 0.05) is 11.1 Å². The van der Waals surface area contributed by atoms with E-state index in [0.29, 0.717) is 11.7 Å². The lowest BCUT2D eigenvalue weighted by Crippen LogP contribution is -2.32. The van der Waals surface area contributed by atoms with Crippen LogP contribution < -0.4 is 5.73 Å². The minimum atomic E-state index is 0.441. The standard InChI is InChI=1S/C16H19N3/c1-12-8-6-7-11-14(12)16(18)19(2)15(17)13-9-4-3-5-10-13/h4,6-11,17-18H,3,5H2,1-2H3/p+1. The van der Waals surface area contributed by atoms with Crippen LogP contribution in [-0.2, 0) is 0 Å². The first kappa shape index (κ1) is 13.3. The number of likely N-dealkylation sites (N-methyl/N-ethyl adjacent to an activating group) is 1. The zero-order valence-corrected chi connectivity index (χ0v) is 11.5. The average molecular weight is 254 g/mol. The number of allylic oxidation sites excluding steroid dienone is 2. The summed E-state index contributed by atoms with van der Waals surface area (Å²) in [5.41, 5.74) is 9.23. The van der Waals surface area contributed by atoms with Crippen molar-refractivity contribution in [2.75, 3.05) is 7.05 Å². The molecule has 0 saturated heterocycles. The molecular weight excluding hydrogens is 234 g/mol. The highest BCUT2D eigenvalue weighted by atomic mass is 15.1. The number of nitrogens with one attached hydrogen (secondary N) is 1. The van der Waals surface area contributed by atoms with E-state index in [1.54, 1.807) is 4.58 Å². The third-order valence-corrected chi connectivity index (χ3v) is 3.39. The van der Waals surface area contributed by atoms with E-state index in [1.165, 1.54) is 0 Å². The molecule has 0 heterocycles. The fraction of sp³-hybridized carbons (Fsp3) is 0.250. The zero-order valence-electron chi connectivity index (χ0n) is 11.5. The number of hydrogen-bond donors (Lipinski definition) is 2. The largest absolute Gasteiger partial charge is 0.318 e. The van der Waals surface area contributed by atoms with Gasteiger partial charge in [0.05, 0.1) is 7.05 Å². The summed E-state index contributed by atoms with van der Waals surface area (Å²) in [6.07, 6.45) is 8.23. The third kappa shape index (κ3) is 2.81. The maximum atomic E-state index is 8.24. The van der Waals surface area contributed by atoms with E-state index in [-0.39, 0.29) is 0 Å². The second kappa shape index (κ2) is 5.65. The lowest BCUT2D eigenvalue weighted by molar-refractivity contribution is -0.371. The van der Waals surface area contributed by atoms with Crippen molar-refractivity contribution < 1.29 is 4.58 Å². The molecule has 3 nitrogen and oxygen atoms in total. The molecule has 0 fully saturated rings. The second-order valence-corrected chi connectivity index (χ2v) is 4.75. The Morgan fingerprint density at radius 2 is 2.00 bits per heavy atom. The Labute approximate surface area is 114 Å². The number of nitrogens with zero attached hydrogens (tertiary/aromatic N) is 1. The molecule has 0 spiro atoms. The van der Waals surface area contributed by atoms with Crippen molar-refractivity contribution in [3.8, 4) is 0 Å². The van der Waals surface area contributed by atoms with Gasteiger partial charge in [-0.3, -0.25) is 0 Å². The van der Waals surface area contributed by atoms with E-state index in [2.05, 4.69) is 12.2 Å². The summed E-state index contributed by atoms with van der Waals surface area (Å²) in [7, 11) is 1.84. The molecule has 0 aromatic heterocycles. The lowest BCUT2D eigenvalue weighted by Gasteiger charge is -2.10. The highest BCUT2D eigenvalue weighted by Gasteiger charge is 2.16. The van der Waals surface area contributed by atoms with Gasteiger partial charge in [-0.15, -0.1) is 0 Å². The van der Waals surface area contributed by atoms with Gasteiger partial charge in [0.1, 0.15) is 0 Å². The topological polar surface area (TPSA) is 52.9 Å². The maximum Gasteiger partial charge on any atom is 0.261 e. The first-order valence-electron chi connectivity index (χ1n) is 6.49. The van der Waals surface area contributed by atoms with Crippen molar-refractivity contribution in [3.05, 3.63) is 59.2 Å². The van der Waals surface area contributed by atoms with Gasteiger partial charge in [-0.25, -0.2) is 4.58 Å². The molecule has 3 heteroatoms. The van der Waals surface area contributed by atoms with Crippen LogP contribution in [0.3, 0.4) is 0 Å². The average Bonchev–Trinajstić information content (AvgIpc) is 2.46. The molecule has 0 bridgehead atoms. The smallest absolute Gasteiger partial charge is 0.261 e. The Morgan fingerprint density at radius 3 is 2.63 bits per heavy atom. The van der Waals surface area contributed by atoms with Crippen LogP contribution in [0.5, 0.6) is 0 Å². The third-order valence-electron chi connectivity index (χ3n) is 3.39. The van der Waals surface area contributed by atoms with Crippen molar-refractivity contribution in [2.45, 2.75) is 19.8 Å². The fourth-order valence-corrected chi connectivity index (χ4v) is 2.14. The molecule has 0 amide bonds. The summed E-state index contributed by atoms with van der Waals surface area (Å²) in [5.74, 6) is 1.06. The summed E-state index contributed by atoms with van der Waals surface area (Å²) < 4.78 is 1.74. The SMILES string of the molecule is Cc1ccccc1C(N)=[N+](C)C(=N)C1=CCCC=C1. The van der Waals surface area contributed by atoms with Gasteiger partial charge in [0.25, 0.3) is 5.84 Å². The molecule has 2 rings (SSSR count). The van der Waals surface area contributed by atoms with E-state index in [1.807, 2.05) is 44.3 Å². The van der Waals surface area contributed by atoms with Crippen LogP contribution in [-0.4, -0.2) is 23.3 Å². The molecule has 1 aliphatic rings. The zero-order chi connectivity index (χ0) is 13.8. The van der Waals surface area contributed by atoms with Crippen LogP contribution in [0.25, 0.3) is 0 Å². The van der Waals surface area contributed by atoms with Gasteiger partial charge >= 0.3 is 0 Å². The normalized spacial score (nSPS) is 15.8. The highest BCUT2D eigenvalue weighted by Crippen LogP contribution is 2.12. The van der Waals surface area contributed by atoms with Crippen molar-refractivity contribution in [2.24, 2.45) is 5.73 Å². The molecule has 0 radical (unpaired) electrons. The highest BCUT2D eigenvalue weighted by molar-refractivity contribution is 6.02. The molecule has 19 heavy (non-hydrogen) atoms. The van der Waals surface area contributed by atoms with E-state index in [9.17, 15) is 0 Å².